The lowest BCUT2D eigenvalue weighted by atomic mass is 9.79. The smallest absolute Gasteiger partial charge is 0.231 e. The summed E-state index contributed by atoms with van der Waals surface area (Å²) in [5, 5.41) is 20.3. The van der Waals surface area contributed by atoms with Crippen LogP contribution < -0.4 is 20.9 Å². The van der Waals surface area contributed by atoms with Crippen LogP contribution in [-0.2, 0) is 4.74 Å². The molecule has 2 aliphatic heterocycles. The Morgan fingerprint density at radius 3 is 2.37 bits per heavy atom. The minimum absolute atomic E-state index is 0.0353. The Hall–Kier alpha value is -2.56. The fraction of sp³-hybridized carbons (Fsp3) is 0.560. The van der Waals surface area contributed by atoms with Crippen molar-refractivity contribution in [2.45, 2.75) is 62.7 Å². The van der Waals surface area contributed by atoms with Gasteiger partial charge >= 0.3 is 0 Å². The van der Waals surface area contributed by atoms with Gasteiger partial charge in [0.1, 0.15) is 10.8 Å². The lowest BCUT2D eigenvalue weighted by Crippen LogP contribution is -2.60. The fourth-order valence-corrected chi connectivity index (χ4v) is 6.07. The van der Waals surface area contributed by atoms with E-state index < -0.39 is 0 Å². The number of morpholine rings is 1. The maximum atomic E-state index is 5.47. The Morgan fingerprint density at radius 1 is 1.03 bits per heavy atom. The summed E-state index contributed by atoms with van der Waals surface area (Å²) >= 11 is 1.60. The molecule has 2 fully saturated rings. The van der Waals surface area contributed by atoms with Gasteiger partial charge in [-0.2, -0.15) is 15.1 Å². The van der Waals surface area contributed by atoms with E-state index in [0.717, 1.165) is 66.7 Å². The van der Waals surface area contributed by atoms with E-state index in [1.165, 1.54) is 5.69 Å². The highest BCUT2D eigenvalue weighted by atomic mass is 32.2. The number of piperidine rings is 1. The maximum Gasteiger partial charge on any atom is 0.231 e. The van der Waals surface area contributed by atoms with Crippen molar-refractivity contribution >= 4 is 45.9 Å². The first-order valence-corrected chi connectivity index (χ1v) is 13.5. The van der Waals surface area contributed by atoms with Crippen LogP contribution in [0.5, 0.6) is 0 Å². The van der Waals surface area contributed by atoms with Gasteiger partial charge in [0, 0.05) is 41.6 Å². The molecule has 2 aliphatic rings. The summed E-state index contributed by atoms with van der Waals surface area (Å²) in [5.74, 6) is 1.36. The third-order valence-corrected chi connectivity index (χ3v) is 7.29. The predicted molar refractivity (Wildman–Crippen MR) is 144 cm³/mol. The zero-order valence-electron chi connectivity index (χ0n) is 21.2. The normalized spacial score (nSPS) is 20.2. The molecular weight excluding hydrogens is 460 g/mol. The Kier molecular flexibility index (Phi) is 6.54. The van der Waals surface area contributed by atoms with E-state index in [1.54, 1.807) is 11.8 Å². The van der Waals surface area contributed by atoms with Gasteiger partial charge < -0.3 is 25.6 Å². The van der Waals surface area contributed by atoms with Crippen LogP contribution in [0.3, 0.4) is 0 Å². The molecule has 0 unspecified atom stereocenters. The van der Waals surface area contributed by atoms with Crippen LogP contribution in [0.2, 0.25) is 0 Å². The van der Waals surface area contributed by atoms with Gasteiger partial charge in [0.2, 0.25) is 5.95 Å². The van der Waals surface area contributed by atoms with Crippen LogP contribution in [0.1, 0.15) is 40.5 Å². The molecule has 5 rings (SSSR count). The number of fused-ring (bicyclic) bond motifs is 1. The summed E-state index contributed by atoms with van der Waals surface area (Å²) in [6.07, 6.45) is 4.03. The number of rotatable bonds is 6. The maximum absolute atomic E-state index is 5.47. The number of H-pyrrole nitrogens is 1. The van der Waals surface area contributed by atoms with E-state index in [9.17, 15) is 0 Å². The van der Waals surface area contributed by atoms with Crippen LogP contribution in [0.15, 0.2) is 29.3 Å². The van der Waals surface area contributed by atoms with E-state index >= 15 is 0 Å². The second kappa shape index (κ2) is 9.48. The molecule has 3 aromatic rings. The van der Waals surface area contributed by atoms with Crippen molar-refractivity contribution in [3.63, 3.8) is 0 Å². The molecule has 10 heteroatoms. The second-order valence-corrected chi connectivity index (χ2v) is 11.6. The van der Waals surface area contributed by atoms with Gasteiger partial charge in [-0.3, -0.25) is 5.10 Å². The largest absolute Gasteiger partial charge is 0.378 e. The lowest BCUT2D eigenvalue weighted by Gasteiger charge is -2.46. The molecule has 2 saturated heterocycles. The average molecular weight is 497 g/mol. The first kappa shape index (κ1) is 24.1. The first-order chi connectivity index (χ1) is 16.7. The molecule has 2 aromatic heterocycles. The Balaban J connectivity index is 1.41. The molecule has 4 heterocycles. The van der Waals surface area contributed by atoms with Crippen molar-refractivity contribution in [2.75, 3.05) is 48.1 Å². The number of nitrogens with zero attached hydrogens (tertiary/aromatic N) is 4. The molecule has 0 bridgehead atoms. The summed E-state index contributed by atoms with van der Waals surface area (Å²) in [6.45, 7) is 12.4. The summed E-state index contributed by atoms with van der Waals surface area (Å²) < 4.78 is 5.47. The zero-order chi connectivity index (χ0) is 24.6. The van der Waals surface area contributed by atoms with E-state index in [-0.39, 0.29) is 17.1 Å². The monoisotopic (exact) mass is 496 g/mol. The predicted octanol–water partition coefficient (Wildman–Crippen LogP) is 4.38. The molecule has 0 aliphatic carbocycles. The van der Waals surface area contributed by atoms with E-state index in [1.807, 2.05) is 6.26 Å². The molecule has 0 spiro atoms. The third kappa shape index (κ3) is 5.49. The highest BCUT2D eigenvalue weighted by molar-refractivity contribution is 7.98. The van der Waals surface area contributed by atoms with Crippen LogP contribution in [0.4, 0.5) is 23.1 Å². The highest BCUT2D eigenvalue weighted by Crippen LogP contribution is 2.34. The van der Waals surface area contributed by atoms with E-state index in [0.29, 0.717) is 5.95 Å². The molecule has 0 radical (unpaired) electrons. The number of hydrogen-bond acceptors (Lipinski definition) is 9. The number of aromatic amines is 1. The Morgan fingerprint density at radius 2 is 1.71 bits per heavy atom. The number of aromatic nitrogens is 4. The Labute approximate surface area is 211 Å². The average Bonchev–Trinajstić information content (AvgIpc) is 3.21. The van der Waals surface area contributed by atoms with Gasteiger partial charge in [0.05, 0.1) is 18.6 Å². The summed E-state index contributed by atoms with van der Waals surface area (Å²) in [7, 11) is 0. The van der Waals surface area contributed by atoms with Crippen LogP contribution >= 0.6 is 11.8 Å². The quantitative estimate of drug-likeness (QED) is 0.370. The first-order valence-electron chi connectivity index (χ1n) is 12.3. The lowest BCUT2D eigenvalue weighted by molar-refractivity contribution is 0.122. The van der Waals surface area contributed by atoms with Gasteiger partial charge in [0.25, 0.3) is 0 Å². The highest BCUT2D eigenvalue weighted by Gasteiger charge is 2.38. The topological polar surface area (TPSA) is 103 Å². The number of ether oxygens (including phenoxy) is 1. The van der Waals surface area contributed by atoms with Crippen molar-refractivity contribution in [1.29, 1.82) is 0 Å². The summed E-state index contributed by atoms with van der Waals surface area (Å²) in [5.41, 5.74) is 2.95. The number of nitrogens with one attached hydrogen (secondary N) is 4. The minimum Gasteiger partial charge on any atom is -0.378 e. The molecule has 0 saturated carbocycles. The molecular formula is C25H36N8OS. The van der Waals surface area contributed by atoms with Crippen LogP contribution in [0, 0.1) is 0 Å². The van der Waals surface area contributed by atoms with Crippen LogP contribution in [-0.4, -0.2) is 69.8 Å². The Bertz CT molecular complexity index is 1150. The molecule has 0 amide bonds. The zero-order valence-corrected chi connectivity index (χ0v) is 22.1. The molecule has 9 nitrogen and oxygen atoms in total. The van der Waals surface area contributed by atoms with E-state index in [2.05, 4.69) is 83.0 Å². The third-order valence-electron chi connectivity index (χ3n) is 6.61. The van der Waals surface area contributed by atoms with Crippen molar-refractivity contribution in [3.05, 3.63) is 24.3 Å². The number of anilines is 4. The van der Waals surface area contributed by atoms with Crippen LogP contribution in [0.25, 0.3) is 11.0 Å². The minimum atomic E-state index is 0.0353. The molecule has 1 aromatic carbocycles. The van der Waals surface area contributed by atoms with Gasteiger partial charge in [-0.25, -0.2) is 0 Å². The molecule has 188 valence electrons. The SMILES string of the molecule is CSc1n[nH]c2nc(Nc3ccc(N4CCOCC4)cc3)nc(NC3CC(C)(C)NC(C)(C)C3)c12. The molecule has 35 heavy (non-hydrogen) atoms. The van der Waals surface area contributed by atoms with E-state index in [4.69, 9.17) is 14.7 Å². The van der Waals surface area contributed by atoms with Crippen molar-refractivity contribution in [2.24, 2.45) is 0 Å². The fourth-order valence-electron chi connectivity index (χ4n) is 5.54. The summed E-state index contributed by atoms with van der Waals surface area (Å²) in [6, 6.07) is 8.69. The van der Waals surface area contributed by atoms with Crippen molar-refractivity contribution in [3.8, 4) is 0 Å². The van der Waals surface area contributed by atoms with Gasteiger partial charge in [0.15, 0.2) is 5.65 Å². The number of hydrogen-bond donors (Lipinski definition) is 4. The number of benzene rings is 1. The molecule has 0 atom stereocenters. The molecule has 4 N–H and O–H groups in total. The van der Waals surface area contributed by atoms with Gasteiger partial charge in [-0.15, -0.1) is 11.8 Å². The number of thioether (sulfide) groups is 1. The standard InChI is InChI=1S/C25H36N8OS/c1-24(2)14-17(15-25(3,4)32-24)26-20-19-21(30-31-22(19)35-5)29-23(28-20)27-16-6-8-18(9-7-16)33-10-12-34-13-11-33/h6-9,17,32H,10-15H2,1-5H3,(H3,26,27,28,29,30,31). The van der Waals surface area contributed by atoms with Gasteiger partial charge in [-0.05, 0) is 71.1 Å². The summed E-state index contributed by atoms with van der Waals surface area (Å²) in [4.78, 5) is 12.0. The van der Waals surface area contributed by atoms with Gasteiger partial charge in [-0.1, -0.05) is 0 Å². The second-order valence-electron chi connectivity index (χ2n) is 10.8. The van der Waals surface area contributed by atoms with Crippen molar-refractivity contribution < 1.29 is 4.74 Å². The van der Waals surface area contributed by atoms with Crippen molar-refractivity contribution in [1.82, 2.24) is 25.5 Å².